The zero-order valence-electron chi connectivity index (χ0n) is 8.47. The Hall–Kier alpha value is -1.98. The molecule has 0 aliphatic heterocycles. The molecule has 0 spiro atoms. The van der Waals surface area contributed by atoms with Gasteiger partial charge in [0.1, 0.15) is 6.20 Å². The summed E-state index contributed by atoms with van der Waals surface area (Å²) in [7, 11) is 0. The lowest BCUT2D eigenvalue weighted by Gasteiger charge is -1.96. The van der Waals surface area contributed by atoms with Gasteiger partial charge in [-0.1, -0.05) is 6.92 Å². The Morgan fingerprint density at radius 3 is 2.93 bits per heavy atom. The monoisotopic (exact) mass is 206 g/mol. The predicted molar refractivity (Wildman–Crippen MR) is 53.8 cm³/mol. The van der Waals surface area contributed by atoms with E-state index in [1.54, 1.807) is 13.0 Å². The Balaban J connectivity index is 2.68. The highest BCUT2D eigenvalue weighted by Gasteiger charge is 2.13. The first-order chi connectivity index (χ1) is 7.11. The minimum absolute atomic E-state index is 0.0649. The molecule has 78 valence electrons. The normalized spacial score (nSPS) is 10.8. The van der Waals surface area contributed by atoms with Gasteiger partial charge in [0, 0.05) is 12.0 Å². The molecule has 2 aromatic rings. The molecule has 15 heavy (non-hydrogen) atoms. The predicted octanol–water partition coefficient (Wildman–Crippen LogP) is 1.51. The lowest BCUT2D eigenvalue weighted by molar-refractivity contribution is -0.385. The van der Waals surface area contributed by atoms with Crippen molar-refractivity contribution >= 4 is 11.3 Å². The zero-order chi connectivity index (χ0) is 11.0. The molecule has 0 aliphatic rings. The first-order valence-electron chi connectivity index (χ1n) is 4.62. The number of nitrogens with zero attached hydrogens (tertiary/aromatic N) is 4. The van der Waals surface area contributed by atoms with Crippen molar-refractivity contribution in [1.82, 2.24) is 14.6 Å². The van der Waals surface area contributed by atoms with Gasteiger partial charge in [0.2, 0.25) is 0 Å². The molecular weight excluding hydrogens is 196 g/mol. The topological polar surface area (TPSA) is 73.3 Å². The van der Waals surface area contributed by atoms with E-state index in [0.29, 0.717) is 23.5 Å². The molecule has 0 atom stereocenters. The van der Waals surface area contributed by atoms with Crippen LogP contribution < -0.4 is 0 Å². The molecule has 6 nitrogen and oxygen atoms in total. The molecule has 0 amide bonds. The van der Waals surface area contributed by atoms with E-state index in [2.05, 4.69) is 10.1 Å². The van der Waals surface area contributed by atoms with Gasteiger partial charge in [-0.15, -0.1) is 0 Å². The quantitative estimate of drug-likeness (QED) is 0.551. The molecule has 2 rings (SSSR count). The van der Waals surface area contributed by atoms with Crippen LogP contribution >= 0.6 is 0 Å². The summed E-state index contributed by atoms with van der Waals surface area (Å²) in [5.41, 5.74) is 1.31. The smallest absolute Gasteiger partial charge is 0.258 e. The van der Waals surface area contributed by atoms with Crippen LogP contribution in [-0.2, 0) is 6.42 Å². The Bertz CT molecular complexity index is 532. The number of hydrogen-bond donors (Lipinski definition) is 0. The van der Waals surface area contributed by atoms with Crippen LogP contribution in [0.2, 0.25) is 0 Å². The number of hydrogen-bond acceptors (Lipinski definition) is 4. The number of rotatable bonds is 2. The molecule has 0 aromatic carbocycles. The van der Waals surface area contributed by atoms with E-state index in [1.807, 2.05) is 6.92 Å². The first-order valence-corrected chi connectivity index (χ1v) is 4.62. The Morgan fingerprint density at radius 2 is 2.33 bits per heavy atom. The van der Waals surface area contributed by atoms with Crippen LogP contribution in [0, 0.1) is 17.0 Å². The maximum absolute atomic E-state index is 10.7. The number of fused-ring (bicyclic) bond motifs is 1. The summed E-state index contributed by atoms with van der Waals surface area (Å²) in [6, 6.07) is 1.67. The highest BCUT2D eigenvalue weighted by molar-refractivity contribution is 5.49. The average molecular weight is 206 g/mol. The highest BCUT2D eigenvalue weighted by atomic mass is 16.6. The van der Waals surface area contributed by atoms with Crippen molar-refractivity contribution in [2.75, 3.05) is 0 Å². The number of pyridine rings is 1. The van der Waals surface area contributed by atoms with Gasteiger partial charge in [0.25, 0.3) is 5.69 Å². The lowest BCUT2D eigenvalue weighted by Crippen LogP contribution is -1.96. The van der Waals surface area contributed by atoms with E-state index in [1.165, 1.54) is 10.7 Å². The van der Waals surface area contributed by atoms with Gasteiger partial charge >= 0.3 is 0 Å². The molecule has 0 aliphatic carbocycles. The van der Waals surface area contributed by atoms with Gasteiger partial charge in [-0.25, -0.2) is 9.50 Å². The number of aryl methyl sites for hydroxylation is 2. The van der Waals surface area contributed by atoms with Crippen molar-refractivity contribution in [3.63, 3.8) is 0 Å². The summed E-state index contributed by atoms with van der Waals surface area (Å²) >= 11 is 0. The second-order valence-electron chi connectivity index (χ2n) is 3.28. The maximum Gasteiger partial charge on any atom is 0.290 e. The summed E-state index contributed by atoms with van der Waals surface area (Å²) in [5, 5.41) is 14.8. The largest absolute Gasteiger partial charge is 0.290 e. The van der Waals surface area contributed by atoms with E-state index in [0.717, 1.165) is 0 Å². The van der Waals surface area contributed by atoms with Crippen molar-refractivity contribution in [1.29, 1.82) is 0 Å². The van der Waals surface area contributed by atoms with Crippen molar-refractivity contribution in [3.05, 3.63) is 33.8 Å². The Morgan fingerprint density at radius 1 is 1.60 bits per heavy atom. The van der Waals surface area contributed by atoms with Crippen LogP contribution in [0.3, 0.4) is 0 Å². The summed E-state index contributed by atoms with van der Waals surface area (Å²) in [6.45, 7) is 3.63. The van der Waals surface area contributed by atoms with Crippen molar-refractivity contribution in [2.45, 2.75) is 20.3 Å². The summed E-state index contributed by atoms with van der Waals surface area (Å²) in [5.74, 6) is 0.690. The van der Waals surface area contributed by atoms with Gasteiger partial charge in [0.15, 0.2) is 11.5 Å². The molecule has 0 saturated heterocycles. The van der Waals surface area contributed by atoms with Crippen LogP contribution in [0.1, 0.15) is 18.3 Å². The fourth-order valence-electron chi connectivity index (χ4n) is 1.40. The van der Waals surface area contributed by atoms with Crippen LogP contribution in [0.25, 0.3) is 5.65 Å². The van der Waals surface area contributed by atoms with E-state index in [4.69, 9.17) is 0 Å². The summed E-state index contributed by atoms with van der Waals surface area (Å²) < 4.78 is 1.45. The zero-order valence-corrected chi connectivity index (χ0v) is 8.47. The fourth-order valence-corrected chi connectivity index (χ4v) is 1.40. The molecule has 0 N–H and O–H groups in total. The second-order valence-corrected chi connectivity index (χ2v) is 3.28. The molecule has 6 heteroatoms. The van der Waals surface area contributed by atoms with E-state index in [-0.39, 0.29) is 5.69 Å². The molecular formula is C9H10N4O2. The first kappa shape index (κ1) is 9.57. The summed E-state index contributed by atoms with van der Waals surface area (Å²) in [4.78, 5) is 14.5. The molecule has 2 heterocycles. The molecule has 0 saturated carbocycles. The standard InChI is InChI=1S/C9H10N4O2/c1-3-8-10-9-4-6(2)7(13(14)15)5-12(9)11-8/h4-5H,3H2,1-2H3. The van der Waals surface area contributed by atoms with E-state index < -0.39 is 4.92 Å². The highest BCUT2D eigenvalue weighted by Crippen LogP contribution is 2.18. The van der Waals surface area contributed by atoms with Gasteiger partial charge in [-0.3, -0.25) is 10.1 Å². The van der Waals surface area contributed by atoms with Crippen LogP contribution in [0.4, 0.5) is 5.69 Å². The van der Waals surface area contributed by atoms with Crippen molar-refractivity contribution in [3.8, 4) is 0 Å². The Labute approximate surface area is 85.7 Å². The van der Waals surface area contributed by atoms with Crippen molar-refractivity contribution in [2.24, 2.45) is 0 Å². The second kappa shape index (κ2) is 3.30. The van der Waals surface area contributed by atoms with Gasteiger partial charge in [-0.05, 0) is 13.0 Å². The lowest BCUT2D eigenvalue weighted by atomic mass is 10.2. The minimum atomic E-state index is -0.415. The van der Waals surface area contributed by atoms with E-state index >= 15 is 0 Å². The Kier molecular flexibility index (Phi) is 2.11. The van der Waals surface area contributed by atoms with Gasteiger partial charge < -0.3 is 0 Å². The molecule has 0 bridgehead atoms. The molecule has 0 fully saturated rings. The number of aromatic nitrogens is 3. The van der Waals surface area contributed by atoms with Crippen molar-refractivity contribution < 1.29 is 4.92 Å². The van der Waals surface area contributed by atoms with Crippen LogP contribution in [0.15, 0.2) is 12.3 Å². The van der Waals surface area contributed by atoms with Gasteiger partial charge in [0.05, 0.1) is 4.92 Å². The van der Waals surface area contributed by atoms with Crippen LogP contribution in [0.5, 0.6) is 0 Å². The molecule has 0 radical (unpaired) electrons. The average Bonchev–Trinajstić information content (AvgIpc) is 2.58. The third kappa shape index (κ3) is 1.54. The number of nitro groups is 1. The fraction of sp³-hybridized carbons (Fsp3) is 0.333. The van der Waals surface area contributed by atoms with E-state index in [9.17, 15) is 10.1 Å². The summed E-state index contributed by atoms with van der Waals surface area (Å²) in [6.07, 6.45) is 2.12. The maximum atomic E-state index is 10.7. The third-order valence-corrected chi connectivity index (χ3v) is 2.21. The third-order valence-electron chi connectivity index (χ3n) is 2.21. The van der Waals surface area contributed by atoms with Gasteiger partial charge in [-0.2, -0.15) is 5.10 Å². The van der Waals surface area contributed by atoms with Crippen LogP contribution in [-0.4, -0.2) is 19.5 Å². The SMILES string of the molecule is CCc1nc2cc(C)c([N+](=O)[O-])cn2n1. The molecule has 2 aromatic heterocycles. The molecule has 0 unspecified atom stereocenters. The minimum Gasteiger partial charge on any atom is -0.258 e.